The largest absolute Gasteiger partial charge is 0.480 e. The zero-order chi connectivity index (χ0) is 18.6. The maximum Gasteiger partial charge on any atom is 0.326 e. The van der Waals surface area contributed by atoms with Crippen LogP contribution in [0, 0.1) is 11.7 Å². The summed E-state index contributed by atoms with van der Waals surface area (Å²) in [6, 6.07) is 4.44. The smallest absolute Gasteiger partial charge is 0.326 e. The van der Waals surface area contributed by atoms with Gasteiger partial charge in [-0.1, -0.05) is 12.1 Å². The van der Waals surface area contributed by atoms with Gasteiger partial charge in [0.1, 0.15) is 11.9 Å². The lowest BCUT2D eigenvalue weighted by atomic mass is 9.96. The number of benzene rings is 1. The Morgan fingerprint density at radius 1 is 1.36 bits per heavy atom. The molecule has 3 amide bonds. The molecular weight excluding hydrogens is 329 g/mol. The number of hydrogen-bond donors (Lipinski definition) is 2. The first-order chi connectivity index (χ1) is 11.8. The molecule has 1 aliphatic rings. The van der Waals surface area contributed by atoms with Gasteiger partial charge in [-0.05, 0) is 31.9 Å². The van der Waals surface area contributed by atoms with Crippen LogP contribution in [0.5, 0.6) is 0 Å². The SMILES string of the molecule is CC(C(=O)O)N(C)C(=O)C1CCCN(C(=O)Nc2ccccc2F)C1. The molecular formula is C17H22FN3O4. The first-order valence-corrected chi connectivity index (χ1v) is 8.11. The van der Waals surface area contributed by atoms with Crippen molar-refractivity contribution in [3.63, 3.8) is 0 Å². The third-order valence-electron chi connectivity index (χ3n) is 4.46. The van der Waals surface area contributed by atoms with Gasteiger partial charge in [0.2, 0.25) is 5.91 Å². The summed E-state index contributed by atoms with van der Waals surface area (Å²) in [5.41, 5.74) is 0.0811. The molecule has 1 heterocycles. The Hall–Kier alpha value is -2.64. The number of nitrogens with zero attached hydrogens (tertiary/aromatic N) is 2. The number of likely N-dealkylation sites (tertiary alicyclic amines) is 1. The Balaban J connectivity index is 2.00. The predicted molar refractivity (Wildman–Crippen MR) is 89.6 cm³/mol. The molecule has 1 fully saturated rings. The fraction of sp³-hybridized carbons (Fsp3) is 0.471. The average molecular weight is 351 g/mol. The summed E-state index contributed by atoms with van der Waals surface area (Å²) in [4.78, 5) is 38.5. The Bertz CT molecular complexity index is 667. The first kappa shape index (κ1) is 18.7. The average Bonchev–Trinajstić information content (AvgIpc) is 2.61. The third kappa shape index (κ3) is 4.46. The van der Waals surface area contributed by atoms with Crippen LogP contribution < -0.4 is 5.32 Å². The molecule has 1 aliphatic heterocycles. The van der Waals surface area contributed by atoms with Gasteiger partial charge >= 0.3 is 12.0 Å². The number of nitrogens with one attached hydrogen (secondary N) is 1. The van der Waals surface area contributed by atoms with E-state index < -0.39 is 29.8 Å². The van der Waals surface area contributed by atoms with E-state index in [1.165, 1.54) is 42.0 Å². The zero-order valence-corrected chi connectivity index (χ0v) is 14.2. The molecule has 1 saturated heterocycles. The van der Waals surface area contributed by atoms with Crippen LogP contribution in [0.25, 0.3) is 0 Å². The molecule has 0 aliphatic carbocycles. The van der Waals surface area contributed by atoms with Crippen LogP contribution >= 0.6 is 0 Å². The molecule has 0 aromatic heterocycles. The lowest BCUT2D eigenvalue weighted by Crippen LogP contribution is -2.50. The van der Waals surface area contributed by atoms with Gasteiger partial charge in [0.05, 0.1) is 11.6 Å². The van der Waals surface area contributed by atoms with E-state index in [0.29, 0.717) is 19.4 Å². The van der Waals surface area contributed by atoms with E-state index in [9.17, 15) is 18.8 Å². The van der Waals surface area contributed by atoms with Crippen LogP contribution in [0.15, 0.2) is 24.3 Å². The highest BCUT2D eigenvalue weighted by atomic mass is 19.1. The number of carbonyl (C=O) groups is 3. The van der Waals surface area contributed by atoms with E-state index in [-0.39, 0.29) is 18.1 Å². The van der Waals surface area contributed by atoms with Crippen LogP contribution in [0.2, 0.25) is 0 Å². The van der Waals surface area contributed by atoms with E-state index in [0.717, 1.165) is 0 Å². The fourth-order valence-corrected chi connectivity index (χ4v) is 2.76. The summed E-state index contributed by atoms with van der Waals surface area (Å²) >= 11 is 0. The van der Waals surface area contributed by atoms with Gasteiger partial charge in [-0.2, -0.15) is 0 Å². The van der Waals surface area contributed by atoms with Crippen molar-refractivity contribution in [1.82, 2.24) is 9.80 Å². The Labute approximate surface area is 145 Å². The summed E-state index contributed by atoms with van der Waals surface area (Å²) in [6.45, 7) is 2.07. The number of carboxylic acids is 1. The Kier molecular flexibility index (Phi) is 5.95. The zero-order valence-electron chi connectivity index (χ0n) is 14.2. The number of hydrogen-bond acceptors (Lipinski definition) is 3. The highest BCUT2D eigenvalue weighted by Gasteiger charge is 2.33. The molecule has 2 rings (SSSR count). The van der Waals surface area contributed by atoms with Crippen LogP contribution in [0.1, 0.15) is 19.8 Å². The number of halogens is 1. The van der Waals surface area contributed by atoms with Gasteiger partial charge in [-0.3, -0.25) is 4.79 Å². The van der Waals surface area contributed by atoms with Gasteiger partial charge in [-0.25, -0.2) is 14.0 Å². The number of anilines is 1. The molecule has 0 spiro atoms. The molecule has 0 bridgehead atoms. The molecule has 7 nitrogen and oxygen atoms in total. The number of para-hydroxylation sites is 1. The van der Waals surface area contributed by atoms with Crippen molar-refractivity contribution in [3.8, 4) is 0 Å². The number of aliphatic carboxylic acids is 1. The summed E-state index contributed by atoms with van der Waals surface area (Å²) < 4.78 is 13.6. The minimum Gasteiger partial charge on any atom is -0.480 e. The number of rotatable bonds is 4. The van der Waals surface area contributed by atoms with Gasteiger partial charge < -0.3 is 20.2 Å². The lowest BCUT2D eigenvalue weighted by Gasteiger charge is -2.34. The van der Waals surface area contributed by atoms with Crippen molar-refractivity contribution in [1.29, 1.82) is 0 Å². The van der Waals surface area contributed by atoms with Crippen LogP contribution in [-0.4, -0.2) is 59.0 Å². The molecule has 0 saturated carbocycles. The minimum absolute atomic E-state index is 0.0811. The number of carboxylic acid groups (broad SMARTS) is 1. The molecule has 2 unspecified atom stereocenters. The fourth-order valence-electron chi connectivity index (χ4n) is 2.76. The molecule has 0 radical (unpaired) electrons. The predicted octanol–water partition coefficient (Wildman–Crippen LogP) is 2.00. The monoisotopic (exact) mass is 351 g/mol. The second-order valence-corrected chi connectivity index (χ2v) is 6.16. The van der Waals surface area contributed by atoms with Gasteiger partial charge in [0.15, 0.2) is 0 Å². The van der Waals surface area contributed by atoms with E-state index in [4.69, 9.17) is 5.11 Å². The number of likely N-dealkylation sites (N-methyl/N-ethyl adjacent to an activating group) is 1. The number of piperidine rings is 1. The van der Waals surface area contributed by atoms with E-state index in [1.54, 1.807) is 6.07 Å². The van der Waals surface area contributed by atoms with Gasteiger partial charge in [0.25, 0.3) is 0 Å². The third-order valence-corrected chi connectivity index (χ3v) is 4.46. The number of amides is 3. The Morgan fingerprint density at radius 2 is 2.04 bits per heavy atom. The second-order valence-electron chi connectivity index (χ2n) is 6.16. The quantitative estimate of drug-likeness (QED) is 0.868. The van der Waals surface area contributed by atoms with Crippen molar-refractivity contribution < 1.29 is 23.9 Å². The molecule has 136 valence electrons. The normalized spacial score (nSPS) is 18.4. The second kappa shape index (κ2) is 7.96. The summed E-state index contributed by atoms with van der Waals surface area (Å²) in [7, 11) is 1.44. The van der Waals surface area contributed by atoms with Crippen molar-refractivity contribution >= 4 is 23.6 Å². The van der Waals surface area contributed by atoms with Crippen LogP contribution in [-0.2, 0) is 9.59 Å². The van der Waals surface area contributed by atoms with Crippen molar-refractivity contribution in [2.75, 3.05) is 25.5 Å². The van der Waals surface area contributed by atoms with Gasteiger partial charge in [-0.15, -0.1) is 0 Å². The molecule has 8 heteroatoms. The maximum absolute atomic E-state index is 13.6. The molecule has 25 heavy (non-hydrogen) atoms. The minimum atomic E-state index is -1.08. The van der Waals surface area contributed by atoms with Crippen molar-refractivity contribution in [2.24, 2.45) is 5.92 Å². The standard InChI is InChI=1S/C17H22FN3O4/c1-11(16(23)24)20(2)15(22)12-6-5-9-21(10-12)17(25)19-14-8-4-3-7-13(14)18/h3-4,7-8,11-12H,5-6,9-10H2,1-2H3,(H,19,25)(H,23,24). The van der Waals surface area contributed by atoms with Gasteiger partial charge in [0, 0.05) is 20.1 Å². The first-order valence-electron chi connectivity index (χ1n) is 8.11. The molecule has 2 N–H and O–H groups in total. The van der Waals surface area contributed by atoms with Crippen LogP contribution in [0.4, 0.5) is 14.9 Å². The molecule has 2 atom stereocenters. The highest BCUT2D eigenvalue weighted by molar-refractivity contribution is 5.90. The van der Waals surface area contributed by atoms with E-state index >= 15 is 0 Å². The van der Waals surface area contributed by atoms with Crippen LogP contribution in [0.3, 0.4) is 0 Å². The highest BCUT2D eigenvalue weighted by Crippen LogP contribution is 2.21. The summed E-state index contributed by atoms with van der Waals surface area (Å²) in [6.07, 6.45) is 1.20. The maximum atomic E-state index is 13.6. The van der Waals surface area contributed by atoms with E-state index in [2.05, 4.69) is 5.32 Å². The molecule has 1 aromatic carbocycles. The number of urea groups is 1. The Morgan fingerprint density at radius 3 is 2.68 bits per heavy atom. The topological polar surface area (TPSA) is 90.0 Å². The number of carbonyl (C=O) groups excluding carboxylic acids is 2. The van der Waals surface area contributed by atoms with Crippen molar-refractivity contribution in [2.45, 2.75) is 25.8 Å². The summed E-state index contributed by atoms with van der Waals surface area (Å²) in [5, 5.41) is 11.5. The van der Waals surface area contributed by atoms with Crippen molar-refractivity contribution in [3.05, 3.63) is 30.1 Å². The molecule has 1 aromatic rings. The lowest BCUT2D eigenvalue weighted by molar-refractivity contribution is -0.150. The summed E-state index contributed by atoms with van der Waals surface area (Å²) in [5.74, 6) is -2.39. The van der Waals surface area contributed by atoms with E-state index in [1.807, 2.05) is 0 Å².